The van der Waals surface area contributed by atoms with Crippen molar-refractivity contribution in [2.75, 3.05) is 11.5 Å². The molecule has 0 aliphatic carbocycles. The predicted molar refractivity (Wildman–Crippen MR) is 60.2 cm³/mol. The minimum absolute atomic E-state index is 0.517. The Morgan fingerprint density at radius 3 is 2.62 bits per heavy atom. The molecule has 0 saturated heterocycles. The molecule has 2 aromatic rings. The predicted octanol–water partition coefficient (Wildman–Crippen LogP) is 2.80. The van der Waals surface area contributed by atoms with Gasteiger partial charge in [-0.15, -0.1) is 22.9 Å². The zero-order valence-corrected chi connectivity index (χ0v) is 8.45. The lowest BCUT2D eigenvalue weighted by Crippen LogP contribution is -1.93. The molecule has 0 saturated carbocycles. The molecule has 4 heteroatoms. The summed E-state index contributed by atoms with van der Waals surface area (Å²) >= 11 is 7.42. The van der Waals surface area contributed by atoms with Gasteiger partial charge in [-0.25, -0.2) is 0 Å². The Morgan fingerprint density at radius 1 is 1.23 bits per heavy atom. The van der Waals surface area contributed by atoms with Crippen LogP contribution < -0.4 is 11.5 Å². The minimum Gasteiger partial charge on any atom is -0.397 e. The molecule has 0 amide bonds. The standard InChI is InChI=1S/C9H9ClN2S/c10-3-5-4-13-9-2-8(12)7(11)1-6(5)9/h1-2,4H,3,11-12H2. The Morgan fingerprint density at radius 2 is 1.92 bits per heavy atom. The second-order valence-corrected chi connectivity index (χ2v) is 4.05. The normalized spacial score (nSPS) is 10.8. The lowest BCUT2D eigenvalue weighted by molar-refractivity contribution is 1.50. The zero-order chi connectivity index (χ0) is 9.42. The molecule has 0 fully saturated rings. The average Bonchev–Trinajstić information content (AvgIpc) is 2.48. The van der Waals surface area contributed by atoms with Crippen molar-refractivity contribution < 1.29 is 0 Å². The monoisotopic (exact) mass is 212 g/mol. The molecule has 2 nitrogen and oxygen atoms in total. The maximum absolute atomic E-state index is 5.77. The van der Waals surface area contributed by atoms with Crippen LogP contribution in [-0.4, -0.2) is 0 Å². The number of benzene rings is 1. The van der Waals surface area contributed by atoms with Crippen LogP contribution in [0.2, 0.25) is 0 Å². The zero-order valence-electron chi connectivity index (χ0n) is 6.88. The Balaban J connectivity index is 2.77. The summed E-state index contributed by atoms with van der Waals surface area (Å²) in [4.78, 5) is 0. The van der Waals surface area contributed by atoms with Crippen LogP contribution in [0.3, 0.4) is 0 Å². The van der Waals surface area contributed by atoms with Crippen molar-refractivity contribution in [3.8, 4) is 0 Å². The number of alkyl halides is 1. The van der Waals surface area contributed by atoms with Crippen LogP contribution in [0.5, 0.6) is 0 Å². The molecule has 68 valence electrons. The second kappa shape index (κ2) is 3.09. The van der Waals surface area contributed by atoms with E-state index in [2.05, 4.69) is 0 Å². The van der Waals surface area contributed by atoms with E-state index in [-0.39, 0.29) is 0 Å². The van der Waals surface area contributed by atoms with Crippen molar-refractivity contribution in [2.45, 2.75) is 5.88 Å². The highest BCUT2D eigenvalue weighted by Crippen LogP contribution is 2.31. The van der Waals surface area contributed by atoms with Crippen LogP contribution in [0.15, 0.2) is 17.5 Å². The number of hydrogen-bond donors (Lipinski definition) is 2. The van der Waals surface area contributed by atoms with Crippen molar-refractivity contribution in [1.29, 1.82) is 0 Å². The van der Waals surface area contributed by atoms with Crippen molar-refractivity contribution in [1.82, 2.24) is 0 Å². The number of nitrogen functional groups attached to an aromatic ring is 2. The van der Waals surface area contributed by atoms with E-state index >= 15 is 0 Å². The summed E-state index contributed by atoms with van der Waals surface area (Å²) in [6.07, 6.45) is 0. The molecular weight excluding hydrogens is 204 g/mol. The lowest BCUT2D eigenvalue weighted by Gasteiger charge is -2.00. The van der Waals surface area contributed by atoms with Gasteiger partial charge in [0.15, 0.2) is 0 Å². The van der Waals surface area contributed by atoms with Gasteiger partial charge in [0.1, 0.15) is 0 Å². The van der Waals surface area contributed by atoms with Crippen LogP contribution in [0, 0.1) is 0 Å². The molecule has 0 aliphatic heterocycles. The summed E-state index contributed by atoms with van der Waals surface area (Å²) in [6, 6.07) is 3.78. The SMILES string of the molecule is Nc1cc2scc(CCl)c2cc1N. The molecule has 4 N–H and O–H groups in total. The van der Waals surface area contributed by atoms with E-state index in [0.29, 0.717) is 17.3 Å². The first kappa shape index (κ1) is 8.66. The quantitative estimate of drug-likeness (QED) is 0.564. The fraction of sp³-hybridized carbons (Fsp3) is 0.111. The average molecular weight is 213 g/mol. The van der Waals surface area contributed by atoms with Gasteiger partial charge in [0.05, 0.1) is 11.4 Å². The third kappa shape index (κ3) is 1.34. The number of thiophene rings is 1. The Labute approximate surface area is 85.1 Å². The van der Waals surface area contributed by atoms with Gasteiger partial charge in [-0.1, -0.05) is 0 Å². The highest BCUT2D eigenvalue weighted by atomic mass is 35.5. The number of halogens is 1. The molecule has 0 aliphatic rings. The van der Waals surface area contributed by atoms with Crippen LogP contribution in [0.4, 0.5) is 11.4 Å². The summed E-state index contributed by atoms with van der Waals surface area (Å²) < 4.78 is 1.14. The molecule has 13 heavy (non-hydrogen) atoms. The molecule has 1 aromatic heterocycles. The number of fused-ring (bicyclic) bond motifs is 1. The first-order chi connectivity index (χ1) is 6.22. The van der Waals surface area contributed by atoms with E-state index in [4.69, 9.17) is 23.1 Å². The Hall–Kier alpha value is -0.930. The van der Waals surface area contributed by atoms with Crippen LogP contribution >= 0.6 is 22.9 Å². The number of nitrogens with two attached hydrogens (primary N) is 2. The molecule has 0 unspecified atom stereocenters. The van der Waals surface area contributed by atoms with Crippen molar-refractivity contribution in [2.24, 2.45) is 0 Å². The van der Waals surface area contributed by atoms with Crippen molar-refractivity contribution in [3.63, 3.8) is 0 Å². The topological polar surface area (TPSA) is 52.0 Å². The fourth-order valence-electron chi connectivity index (χ4n) is 1.26. The summed E-state index contributed by atoms with van der Waals surface area (Å²) in [6.45, 7) is 0. The van der Waals surface area contributed by atoms with Gasteiger partial charge >= 0.3 is 0 Å². The minimum atomic E-state index is 0.517. The van der Waals surface area contributed by atoms with Gasteiger partial charge in [0.2, 0.25) is 0 Å². The third-order valence-electron chi connectivity index (χ3n) is 2.00. The maximum atomic E-state index is 5.77. The van der Waals surface area contributed by atoms with E-state index in [0.717, 1.165) is 15.6 Å². The first-order valence-electron chi connectivity index (χ1n) is 3.83. The van der Waals surface area contributed by atoms with Gasteiger partial charge in [0, 0.05) is 10.6 Å². The van der Waals surface area contributed by atoms with E-state index in [1.807, 2.05) is 17.5 Å². The molecule has 0 bridgehead atoms. The molecule has 0 radical (unpaired) electrons. The number of rotatable bonds is 1. The van der Waals surface area contributed by atoms with Gasteiger partial charge < -0.3 is 11.5 Å². The number of hydrogen-bond acceptors (Lipinski definition) is 3. The molecule has 0 spiro atoms. The van der Waals surface area contributed by atoms with E-state index in [1.165, 1.54) is 0 Å². The van der Waals surface area contributed by atoms with E-state index in [1.54, 1.807) is 11.3 Å². The highest BCUT2D eigenvalue weighted by molar-refractivity contribution is 7.17. The van der Waals surface area contributed by atoms with Crippen LogP contribution in [0.25, 0.3) is 10.1 Å². The largest absolute Gasteiger partial charge is 0.397 e. The lowest BCUT2D eigenvalue weighted by atomic mass is 10.1. The summed E-state index contributed by atoms with van der Waals surface area (Å²) in [7, 11) is 0. The number of anilines is 2. The van der Waals surface area contributed by atoms with Gasteiger partial charge in [-0.2, -0.15) is 0 Å². The maximum Gasteiger partial charge on any atom is 0.0562 e. The molecule has 0 atom stereocenters. The van der Waals surface area contributed by atoms with Crippen molar-refractivity contribution in [3.05, 3.63) is 23.1 Å². The van der Waals surface area contributed by atoms with Gasteiger partial charge in [0.25, 0.3) is 0 Å². The van der Waals surface area contributed by atoms with E-state index < -0.39 is 0 Å². The van der Waals surface area contributed by atoms with Gasteiger partial charge in [-0.05, 0) is 28.5 Å². The fourth-order valence-corrected chi connectivity index (χ4v) is 2.57. The Kier molecular flexibility index (Phi) is 2.06. The molecular formula is C9H9ClN2S. The second-order valence-electron chi connectivity index (χ2n) is 2.87. The smallest absolute Gasteiger partial charge is 0.0562 e. The first-order valence-corrected chi connectivity index (χ1v) is 5.25. The van der Waals surface area contributed by atoms with Crippen LogP contribution in [0.1, 0.15) is 5.56 Å². The summed E-state index contributed by atoms with van der Waals surface area (Å²) in [5, 5.41) is 3.16. The molecule has 2 rings (SSSR count). The Bertz CT molecular complexity index is 450. The molecule has 1 aromatic carbocycles. The third-order valence-corrected chi connectivity index (χ3v) is 3.29. The van der Waals surface area contributed by atoms with E-state index in [9.17, 15) is 0 Å². The van der Waals surface area contributed by atoms with Gasteiger partial charge in [-0.3, -0.25) is 0 Å². The molecule has 1 heterocycles. The summed E-state index contributed by atoms with van der Waals surface area (Å²) in [5.74, 6) is 0.517. The van der Waals surface area contributed by atoms with Crippen molar-refractivity contribution >= 4 is 44.4 Å². The summed E-state index contributed by atoms with van der Waals surface area (Å²) in [5.41, 5.74) is 13.8. The van der Waals surface area contributed by atoms with Crippen LogP contribution in [-0.2, 0) is 5.88 Å². The highest BCUT2D eigenvalue weighted by Gasteiger charge is 2.05.